The van der Waals surface area contributed by atoms with Crippen molar-refractivity contribution in [3.05, 3.63) is 27.8 Å². The zero-order valence-corrected chi connectivity index (χ0v) is 15.4. The molecule has 2 N–H and O–H groups in total. The van der Waals surface area contributed by atoms with Gasteiger partial charge >= 0.3 is 0 Å². The van der Waals surface area contributed by atoms with Crippen molar-refractivity contribution in [1.29, 1.82) is 5.41 Å². The van der Waals surface area contributed by atoms with Gasteiger partial charge in [0.1, 0.15) is 12.0 Å². The van der Waals surface area contributed by atoms with Crippen LogP contribution in [0.15, 0.2) is 6.07 Å². The summed E-state index contributed by atoms with van der Waals surface area (Å²) < 4.78 is 5.82. The van der Waals surface area contributed by atoms with E-state index in [-0.39, 0.29) is 12.1 Å². The number of anilines is 1. The predicted molar refractivity (Wildman–Crippen MR) is 99.9 cm³/mol. The van der Waals surface area contributed by atoms with Crippen molar-refractivity contribution >= 4 is 28.8 Å². The molecule has 2 fully saturated rings. The first kappa shape index (κ1) is 17.0. The second-order valence-corrected chi connectivity index (χ2v) is 8.06. The van der Waals surface area contributed by atoms with E-state index in [0.29, 0.717) is 35.3 Å². The third-order valence-corrected chi connectivity index (χ3v) is 6.41. The molecule has 4 nitrogen and oxygen atoms in total. The Bertz CT molecular complexity index is 725. The van der Waals surface area contributed by atoms with Crippen molar-refractivity contribution in [2.45, 2.75) is 64.0 Å². The molecule has 1 aromatic rings. The van der Waals surface area contributed by atoms with Gasteiger partial charge in [-0.3, -0.25) is 4.79 Å². The van der Waals surface area contributed by atoms with E-state index in [1.54, 1.807) is 0 Å². The normalized spacial score (nSPS) is 29.1. The number of rotatable bonds is 2. The lowest BCUT2D eigenvalue weighted by atomic mass is 9.66. The number of ketones is 1. The van der Waals surface area contributed by atoms with E-state index in [0.717, 1.165) is 61.1 Å². The maximum absolute atomic E-state index is 12.1. The third kappa shape index (κ3) is 3.11. The van der Waals surface area contributed by atoms with Gasteiger partial charge < -0.3 is 15.5 Å². The Balaban J connectivity index is 1.77. The van der Waals surface area contributed by atoms with Gasteiger partial charge in [0.2, 0.25) is 0 Å². The number of benzene rings is 1. The molecule has 1 saturated heterocycles. The van der Waals surface area contributed by atoms with Crippen molar-refractivity contribution in [2.75, 3.05) is 11.9 Å². The van der Waals surface area contributed by atoms with Gasteiger partial charge in [-0.2, -0.15) is 0 Å². The lowest BCUT2D eigenvalue weighted by Crippen LogP contribution is -2.34. The van der Waals surface area contributed by atoms with Crippen molar-refractivity contribution < 1.29 is 9.53 Å². The zero-order chi connectivity index (χ0) is 17.6. The molecule has 0 spiro atoms. The Morgan fingerprint density at radius 1 is 1.28 bits per heavy atom. The maximum atomic E-state index is 12.1. The molecule has 1 aliphatic heterocycles. The Hall–Kier alpha value is -1.39. The molecule has 5 heteroatoms. The van der Waals surface area contributed by atoms with E-state index >= 15 is 0 Å². The number of halogens is 1. The van der Waals surface area contributed by atoms with Gasteiger partial charge in [-0.05, 0) is 68.1 Å². The molecule has 25 heavy (non-hydrogen) atoms. The van der Waals surface area contributed by atoms with Crippen LogP contribution in [0.3, 0.4) is 0 Å². The van der Waals surface area contributed by atoms with Crippen LogP contribution < -0.4 is 5.32 Å². The van der Waals surface area contributed by atoms with Crippen LogP contribution >= 0.6 is 11.6 Å². The fraction of sp³-hybridized carbons (Fsp3) is 0.600. The number of Topliss-reactive ketones (excluding diaryl/α,β-unsaturated/α-hetero) is 1. The van der Waals surface area contributed by atoms with Gasteiger partial charge in [0.25, 0.3) is 0 Å². The maximum Gasteiger partial charge on any atom is 0.133 e. The highest BCUT2D eigenvalue weighted by Crippen LogP contribution is 2.48. The van der Waals surface area contributed by atoms with E-state index < -0.39 is 0 Å². The number of hydrogen-bond donors (Lipinski definition) is 2. The predicted octanol–water partition coefficient (Wildman–Crippen LogP) is 4.81. The van der Waals surface area contributed by atoms with Gasteiger partial charge in [-0.15, -0.1) is 0 Å². The minimum atomic E-state index is -0.0184. The van der Waals surface area contributed by atoms with Crippen LogP contribution in [0.2, 0.25) is 5.02 Å². The molecule has 134 valence electrons. The van der Waals surface area contributed by atoms with Crippen LogP contribution in [0.25, 0.3) is 0 Å². The number of carbonyl (C=O) groups excluding carboxylic acids is 1. The topological polar surface area (TPSA) is 62.2 Å². The molecule has 1 aromatic carbocycles. The summed E-state index contributed by atoms with van der Waals surface area (Å²) in [6.45, 7) is 2.80. The summed E-state index contributed by atoms with van der Waals surface area (Å²) in [5.74, 6) is 0.940. The van der Waals surface area contributed by atoms with Crippen LogP contribution in [-0.4, -0.2) is 24.3 Å². The molecule has 2 aliphatic carbocycles. The zero-order valence-electron chi connectivity index (χ0n) is 14.7. The Morgan fingerprint density at radius 3 is 2.88 bits per heavy atom. The minimum absolute atomic E-state index is 0.0184. The van der Waals surface area contributed by atoms with Crippen molar-refractivity contribution in [1.82, 2.24) is 0 Å². The second kappa shape index (κ2) is 6.73. The van der Waals surface area contributed by atoms with Gasteiger partial charge in [0, 0.05) is 41.4 Å². The number of fused-ring (bicyclic) bond motifs is 3. The molecule has 1 heterocycles. The highest BCUT2D eigenvalue weighted by Gasteiger charge is 2.39. The first-order valence-corrected chi connectivity index (χ1v) is 9.73. The standard InChI is InChI=1S/C20H25ClN2O2/c1-11-15(21)10-17(23-18-4-2-3-7-25-18)20-16(22)8-12-5-6-13(24)9-14(12)19(11)20/h10,12,14,18,22-23H,2-9H2,1H3/t12-,14+,18?/m0/s1. The van der Waals surface area contributed by atoms with Crippen molar-refractivity contribution in [3.63, 3.8) is 0 Å². The first-order chi connectivity index (χ1) is 12.0. The summed E-state index contributed by atoms with van der Waals surface area (Å²) >= 11 is 6.55. The van der Waals surface area contributed by atoms with Crippen LogP contribution in [0, 0.1) is 18.3 Å². The monoisotopic (exact) mass is 360 g/mol. The van der Waals surface area contributed by atoms with E-state index in [2.05, 4.69) is 5.32 Å². The Morgan fingerprint density at radius 2 is 2.12 bits per heavy atom. The lowest BCUT2D eigenvalue weighted by Gasteiger charge is -2.39. The highest BCUT2D eigenvalue weighted by atomic mass is 35.5. The Kier molecular flexibility index (Phi) is 4.59. The lowest BCUT2D eigenvalue weighted by molar-refractivity contribution is -0.121. The summed E-state index contributed by atoms with van der Waals surface area (Å²) in [5.41, 5.74) is 4.69. The summed E-state index contributed by atoms with van der Waals surface area (Å²) in [5, 5.41) is 12.9. The van der Waals surface area contributed by atoms with Crippen LogP contribution in [0.1, 0.15) is 67.6 Å². The summed E-state index contributed by atoms with van der Waals surface area (Å²) in [6.07, 6.45) is 6.10. The molecule has 0 radical (unpaired) electrons. The molecule has 0 amide bonds. The first-order valence-electron chi connectivity index (χ1n) is 9.35. The van der Waals surface area contributed by atoms with Gasteiger partial charge in [-0.1, -0.05) is 11.6 Å². The molecule has 0 aromatic heterocycles. The molecule has 3 aliphatic rings. The fourth-order valence-corrected chi connectivity index (χ4v) is 4.92. The molecule has 1 saturated carbocycles. The quantitative estimate of drug-likeness (QED) is 0.795. The van der Waals surface area contributed by atoms with E-state index in [4.69, 9.17) is 21.7 Å². The van der Waals surface area contributed by atoms with Crippen LogP contribution in [0.4, 0.5) is 5.69 Å². The van der Waals surface area contributed by atoms with E-state index in [1.807, 2.05) is 13.0 Å². The molecule has 4 rings (SSSR count). The molecule has 3 atom stereocenters. The van der Waals surface area contributed by atoms with Gasteiger partial charge in [0.15, 0.2) is 0 Å². The Labute approximate surface area is 153 Å². The van der Waals surface area contributed by atoms with Crippen LogP contribution in [-0.2, 0) is 9.53 Å². The van der Waals surface area contributed by atoms with Crippen LogP contribution in [0.5, 0.6) is 0 Å². The van der Waals surface area contributed by atoms with Gasteiger partial charge in [0.05, 0.1) is 0 Å². The largest absolute Gasteiger partial charge is 0.360 e. The summed E-state index contributed by atoms with van der Waals surface area (Å²) in [4.78, 5) is 12.1. The second-order valence-electron chi connectivity index (χ2n) is 7.65. The SMILES string of the molecule is Cc1c(Cl)cc(NC2CCCCO2)c2c1[C@@H]1CC(=O)CC[C@H]1CC2=N. The number of hydrogen-bond acceptors (Lipinski definition) is 4. The molecule has 0 bridgehead atoms. The number of ether oxygens (including phenoxy) is 1. The third-order valence-electron chi connectivity index (χ3n) is 6.02. The van der Waals surface area contributed by atoms with Gasteiger partial charge in [-0.25, -0.2) is 0 Å². The van der Waals surface area contributed by atoms with E-state index in [1.165, 1.54) is 0 Å². The fourth-order valence-electron chi connectivity index (χ4n) is 4.71. The molecular formula is C20H25ClN2O2. The minimum Gasteiger partial charge on any atom is -0.360 e. The highest BCUT2D eigenvalue weighted by molar-refractivity contribution is 6.32. The smallest absolute Gasteiger partial charge is 0.133 e. The summed E-state index contributed by atoms with van der Waals surface area (Å²) in [6, 6.07) is 1.94. The van der Waals surface area contributed by atoms with Crippen molar-refractivity contribution in [2.24, 2.45) is 5.92 Å². The molecule has 1 unspecified atom stereocenters. The summed E-state index contributed by atoms with van der Waals surface area (Å²) in [7, 11) is 0. The molecular weight excluding hydrogens is 336 g/mol. The number of nitrogens with one attached hydrogen (secondary N) is 2. The average molecular weight is 361 g/mol. The number of carbonyl (C=O) groups is 1. The van der Waals surface area contributed by atoms with Crippen molar-refractivity contribution in [3.8, 4) is 0 Å². The average Bonchev–Trinajstić information content (AvgIpc) is 2.60. The van der Waals surface area contributed by atoms with E-state index in [9.17, 15) is 4.79 Å².